The Morgan fingerprint density at radius 2 is 2.12 bits per heavy atom. The topological polar surface area (TPSA) is 46.5 Å². The van der Waals surface area contributed by atoms with Gasteiger partial charge in [-0.1, -0.05) is 6.07 Å². The van der Waals surface area contributed by atoms with E-state index in [-0.39, 0.29) is 0 Å². The zero-order valence-corrected chi connectivity index (χ0v) is 8.32. The third-order valence-corrected chi connectivity index (χ3v) is 2.68. The number of ether oxygens (including phenoxy) is 1. The first-order valence-electron chi connectivity index (χ1n) is 4.89. The minimum atomic E-state index is -0.989. The van der Waals surface area contributed by atoms with Crippen molar-refractivity contribution in [1.82, 2.24) is 0 Å². The van der Waals surface area contributed by atoms with Gasteiger partial charge in [-0.3, -0.25) is 4.79 Å². The maximum absolute atomic E-state index is 13.0. The predicted octanol–water partition coefficient (Wildman–Crippen LogP) is 2.13. The second-order valence-corrected chi connectivity index (χ2v) is 3.70. The highest BCUT2D eigenvalue weighted by molar-refractivity contribution is 5.71. The number of hydrogen-bond donors (Lipinski definition) is 1. The highest BCUT2D eigenvalue weighted by atomic mass is 19.2. The van der Waals surface area contributed by atoms with Gasteiger partial charge in [0.2, 0.25) is 0 Å². The summed E-state index contributed by atoms with van der Waals surface area (Å²) in [5, 5.41) is 8.92. The molecule has 1 heterocycles. The van der Waals surface area contributed by atoms with Crippen molar-refractivity contribution in [3.63, 3.8) is 0 Å². The molecule has 2 atom stereocenters. The Morgan fingerprint density at radius 1 is 1.38 bits per heavy atom. The lowest BCUT2D eigenvalue weighted by molar-refractivity contribution is -0.143. The number of carbonyl (C=O) groups is 1. The minimum Gasteiger partial charge on any atom is -0.481 e. The van der Waals surface area contributed by atoms with Gasteiger partial charge >= 0.3 is 5.97 Å². The van der Waals surface area contributed by atoms with Crippen molar-refractivity contribution in [3.05, 3.63) is 35.4 Å². The molecule has 0 amide bonds. The van der Waals surface area contributed by atoms with Gasteiger partial charge in [0.15, 0.2) is 11.6 Å². The summed E-state index contributed by atoms with van der Waals surface area (Å²) in [5.41, 5.74) is 0.365. The Kier molecular flexibility index (Phi) is 2.87. The van der Waals surface area contributed by atoms with Crippen molar-refractivity contribution in [2.24, 2.45) is 5.92 Å². The van der Waals surface area contributed by atoms with E-state index in [9.17, 15) is 13.6 Å². The number of aliphatic carboxylic acids is 1. The summed E-state index contributed by atoms with van der Waals surface area (Å²) in [4.78, 5) is 10.9. The SMILES string of the molecule is O=C(O)[C@@H]1CCO[C@H]1c1ccc(F)c(F)c1. The predicted molar refractivity (Wildman–Crippen MR) is 50.8 cm³/mol. The normalized spacial score (nSPS) is 24.6. The molecule has 1 fully saturated rings. The van der Waals surface area contributed by atoms with E-state index in [4.69, 9.17) is 9.84 Å². The third kappa shape index (κ3) is 1.90. The highest BCUT2D eigenvalue weighted by Crippen LogP contribution is 2.35. The molecule has 1 aromatic carbocycles. The van der Waals surface area contributed by atoms with E-state index in [0.29, 0.717) is 18.6 Å². The Morgan fingerprint density at radius 3 is 2.75 bits per heavy atom. The molecule has 0 unspecified atom stereocenters. The molecule has 5 heteroatoms. The van der Waals surface area contributed by atoms with Crippen LogP contribution in [0.4, 0.5) is 8.78 Å². The maximum Gasteiger partial charge on any atom is 0.309 e. The molecule has 3 nitrogen and oxygen atoms in total. The van der Waals surface area contributed by atoms with Crippen LogP contribution < -0.4 is 0 Å². The lowest BCUT2D eigenvalue weighted by atomic mass is 9.95. The average Bonchev–Trinajstić information content (AvgIpc) is 2.71. The zero-order valence-electron chi connectivity index (χ0n) is 8.32. The Labute approximate surface area is 90.7 Å². The summed E-state index contributed by atoms with van der Waals surface area (Å²) >= 11 is 0. The summed E-state index contributed by atoms with van der Waals surface area (Å²) in [6.45, 7) is 0.320. The molecule has 0 radical (unpaired) electrons. The van der Waals surface area contributed by atoms with Crippen LogP contribution in [-0.2, 0) is 9.53 Å². The van der Waals surface area contributed by atoms with E-state index < -0.39 is 29.6 Å². The Balaban J connectivity index is 2.29. The first-order chi connectivity index (χ1) is 7.59. The largest absolute Gasteiger partial charge is 0.481 e. The molecule has 0 bridgehead atoms. The second-order valence-electron chi connectivity index (χ2n) is 3.70. The van der Waals surface area contributed by atoms with Crippen molar-refractivity contribution in [1.29, 1.82) is 0 Å². The van der Waals surface area contributed by atoms with E-state index in [1.54, 1.807) is 0 Å². The van der Waals surface area contributed by atoms with Gasteiger partial charge in [0.1, 0.15) is 0 Å². The van der Waals surface area contributed by atoms with Crippen molar-refractivity contribution < 1.29 is 23.4 Å². The summed E-state index contributed by atoms with van der Waals surface area (Å²) in [6, 6.07) is 3.32. The summed E-state index contributed by atoms with van der Waals surface area (Å²) in [5.74, 6) is -3.61. The van der Waals surface area contributed by atoms with Gasteiger partial charge in [-0.15, -0.1) is 0 Å². The van der Waals surface area contributed by atoms with Gasteiger partial charge in [0, 0.05) is 6.61 Å². The molecule has 0 aliphatic carbocycles. The van der Waals surface area contributed by atoms with Crippen LogP contribution in [0.3, 0.4) is 0 Å². The van der Waals surface area contributed by atoms with Crippen LogP contribution in [0.1, 0.15) is 18.1 Å². The van der Waals surface area contributed by atoms with E-state index in [1.807, 2.05) is 0 Å². The maximum atomic E-state index is 13.0. The Hall–Kier alpha value is -1.49. The van der Waals surface area contributed by atoms with Gasteiger partial charge in [-0.25, -0.2) is 8.78 Å². The first kappa shape index (κ1) is 11.0. The van der Waals surface area contributed by atoms with Crippen LogP contribution in [0.25, 0.3) is 0 Å². The fourth-order valence-electron chi connectivity index (χ4n) is 1.86. The van der Waals surface area contributed by atoms with Gasteiger partial charge in [-0.2, -0.15) is 0 Å². The third-order valence-electron chi connectivity index (χ3n) is 2.68. The van der Waals surface area contributed by atoms with Gasteiger partial charge < -0.3 is 9.84 Å². The zero-order chi connectivity index (χ0) is 11.7. The number of carboxylic acid groups (broad SMARTS) is 1. The lowest BCUT2D eigenvalue weighted by Gasteiger charge is -2.15. The van der Waals surface area contributed by atoms with Crippen LogP contribution in [0, 0.1) is 17.6 Å². The number of benzene rings is 1. The highest BCUT2D eigenvalue weighted by Gasteiger charge is 2.35. The molecule has 1 aliphatic heterocycles. The van der Waals surface area contributed by atoms with Crippen molar-refractivity contribution in [2.75, 3.05) is 6.61 Å². The first-order valence-corrected chi connectivity index (χ1v) is 4.89. The molecule has 0 saturated carbocycles. The molecule has 0 aromatic heterocycles. The smallest absolute Gasteiger partial charge is 0.309 e. The summed E-state index contributed by atoms with van der Waals surface area (Å²) in [6.07, 6.45) is -0.300. The van der Waals surface area contributed by atoms with Crippen molar-refractivity contribution in [3.8, 4) is 0 Å². The fourth-order valence-corrected chi connectivity index (χ4v) is 1.86. The van der Waals surface area contributed by atoms with Crippen LogP contribution in [0.15, 0.2) is 18.2 Å². The fraction of sp³-hybridized carbons (Fsp3) is 0.364. The van der Waals surface area contributed by atoms with E-state index in [0.717, 1.165) is 12.1 Å². The van der Waals surface area contributed by atoms with E-state index >= 15 is 0 Å². The number of hydrogen-bond acceptors (Lipinski definition) is 2. The molecule has 1 N–H and O–H groups in total. The molecule has 0 spiro atoms. The summed E-state index contributed by atoms with van der Waals surface area (Å²) in [7, 11) is 0. The van der Waals surface area contributed by atoms with Crippen LogP contribution in [-0.4, -0.2) is 17.7 Å². The minimum absolute atomic E-state index is 0.320. The number of halogens is 2. The molecule has 86 valence electrons. The second kappa shape index (κ2) is 4.17. The molecule has 2 rings (SSSR count). The lowest BCUT2D eigenvalue weighted by Crippen LogP contribution is -2.17. The van der Waals surface area contributed by atoms with Crippen LogP contribution in [0.2, 0.25) is 0 Å². The molecule has 16 heavy (non-hydrogen) atoms. The average molecular weight is 228 g/mol. The summed E-state index contributed by atoms with van der Waals surface area (Å²) < 4.78 is 30.9. The molecule has 1 saturated heterocycles. The number of carboxylic acids is 1. The standard InChI is InChI=1S/C11H10F2O3/c12-8-2-1-6(5-9(8)13)10-7(11(14)15)3-4-16-10/h1-2,5,7,10H,3-4H2,(H,14,15)/t7-,10+/m1/s1. The van der Waals surface area contributed by atoms with E-state index in [2.05, 4.69) is 0 Å². The molecular weight excluding hydrogens is 218 g/mol. The number of rotatable bonds is 2. The van der Waals surface area contributed by atoms with Crippen molar-refractivity contribution in [2.45, 2.75) is 12.5 Å². The van der Waals surface area contributed by atoms with Gasteiger partial charge in [0.25, 0.3) is 0 Å². The van der Waals surface area contributed by atoms with Crippen LogP contribution in [0.5, 0.6) is 0 Å². The van der Waals surface area contributed by atoms with Crippen molar-refractivity contribution >= 4 is 5.97 Å². The molecular formula is C11H10F2O3. The van der Waals surface area contributed by atoms with Gasteiger partial charge in [0.05, 0.1) is 12.0 Å². The molecule has 1 aliphatic rings. The van der Waals surface area contributed by atoms with Gasteiger partial charge in [-0.05, 0) is 24.1 Å². The Bertz CT molecular complexity index is 420. The monoisotopic (exact) mass is 228 g/mol. The molecule has 1 aromatic rings. The van der Waals surface area contributed by atoms with Crippen LogP contribution >= 0.6 is 0 Å². The quantitative estimate of drug-likeness (QED) is 0.843. The van der Waals surface area contributed by atoms with E-state index in [1.165, 1.54) is 6.07 Å².